The van der Waals surface area contributed by atoms with Crippen LogP contribution in [0.2, 0.25) is 0 Å². The van der Waals surface area contributed by atoms with Gasteiger partial charge in [0.15, 0.2) is 5.69 Å². The van der Waals surface area contributed by atoms with E-state index in [1.165, 1.54) is 28.2 Å². The van der Waals surface area contributed by atoms with Crippen LogP contribution in [0, 0.1) is 17.0 Å². The summed E-state index contributed by atoms with van der Waals surface area (Å²) >= 11 is 1.31. The summed E-state index contributed by atoms with van der Waals surface area (Å²) in [6.07, 6.45) is 1.74. The lowest BCUT2D eigenvalue weighted by molar-refractivity contribution is -0.384. The molecule has 0 aliphatic rings. The van der Waals surface area contributed by atoms with Crippen LogP contribution in [0.5, 0.6) is 0 Å². The molecule has 1 amide bonds. The number of amides is 1. The monoisotopic (exact) mass is 373 g/mol. The SMILES string of the molecule is CCCc1nnc(NC(=O)c2nnn(-c3cccc([N+](=O)[O-])c3)c2C)s1. The van der Waals surface area contributed by atoms with Crippen molar-refractivity contribution in [2.24, 2.45) is 0 Å². The van der Waals surface area contributed by atoms with Gasteiger partial charge in [-0.3, -0.25) is 20.2 Å². The van der Waals surface area contributed by atoms with Crippen molar-refractivity contribution in [2.75, 3.05) is 5.32 Å². The van der Waals surface area contributed by atoms with Crippen LogP contribution in [-0.4, -0.2) is 36.0 Å². The number of hydrogen-bond acceptors (Lipinski definition) is 8. The average Bonchev–Trinajstić information content (AvgIpc) is 3.21. The summed E-state index contributed by atoms with van der Waals surface area (Å²) in [6.45, 7) is 3.70. The van der Waals surface area contributed by atoms with Crippen molar-refractivity contribution in [3.05, 3.63) is 50.8 Å². The zero-order valence-corrected chi connectivity index (χ0v) is 14.9. The zero-order valence-electron chi connectivity index (χ0n) is 14.0. The highest BCUT2D eigenvalue weighted by Gasteiger charge is 2.20. The predicted molar refractivity (Wildman–Crippen MR) is 94.6 cm³/mol. The Morgan fingerprint density at radius 1 is 1.35 bits per heavy atom. The third-order valence-electron chi connectivity index (χ3n) is 3.55. The first kappa shape index (κ1) is 17.6. The van der Waals surface area contributed by atoms with Gasteiger partial charge in [-0.05, 0) is 19.4 Å². The lowest BCUT2D eigenvalue weighted by atomic mass is 10.2. The Kier molecular flexibility index (Phi) is 4.98. The van der Waals surface area contributed by atoms with E-state index >= 15 is 0 Å². The molecule has 3 rings (SSSR count). The summed E-state index contributed by atoms with van der Waals surface area (Å²) in [6, 6.07) is 5.95. The number of nitrogens with zero attached hydrogens (tertiary/aromatic N) is 6. The van der Waals surface area contributed by atoms with Crippen molar-refractivity contribution in [3.63, 3.8) is 0 Å². The van der Waals surface area contributed by atoms with E-state index in [-0.39, 0.29) is 11.4 Å². The van der Waals surface area contributed by atoms with Crippen molar-refractivity contribution in [1.29, 1.82) is 0 Å². The molecule has 0 saturated carbocycles. The minimum atomic E-state index is -0.493. The van der Waals surface area contributed by atoms with E-state index < -0.39 is 10.8 Å². The summed E-state index contributed by atoms with van der Waals surface area (Å²) in [7, 11) is 0. The number of nitrogens with one attached hydrogen (secondary N) is 1. The van der Waals surface area contributed by atoms with Gasteiger partial charge in [-0.25, -0.2) is 4.68 Å². The molecule has 2 heterocycles. The van der Waals surface area contributed by atoms with Crippen molar-refractivity contribution in [2.45, 2.75) is 26.7 Å². The topological polar surface area (TPSA) is 129 Å². The number of nitro groups is 1. The number of rotatable bonds is 6. The molecule has 0 aliphatic heterocycles. The molecule has 1 N–H and O–H groups in total. The first-order chi connectivity index (χ1) is 12.5. The van der Waals surface area contributed by atoms with Crippen LogP contribution in [0.3, 0.4) is 0 Å². The van der Waals surface area contributed by atoms with E-state index in [1.54, 1.807) is 19.1 Å². The Balaban J connectivity index is 1.82. The summed E-state index contributed by atoms with van der Waals surface area (Å²) < 4.78 is 1.38. The molecule has 0 radical (unpaired) electrons. The summed E-state index contributed by atoms with van der Waals surface area (Å²) in [4.78, 5) is 22.9. The lowest BCUT2D eigenvalue weighted by Gasteiger charge is -2.03. The Hall–Kier alpha value is -3.21. The van der Waals surface area contributed by atoms with Gasteiger partial charge in [0, 0.05) is 18.6 Å². The molecule has 0 atom stereocenters. The Labute approximate surface area is 152 Å². The lowest BCUT2D eigenvalue weighted by Crippen LogP contribution is -2.14. The third kappa shape index (κ3) is 3.57. The molecule has 0 aliphatic carbocycles. The van der Waals surface area contributed by atoms with E-state index in [0.29, 0.717) is 16.5 Å². The molecule has 26 heavy (non-hydrogen) atoms. The standard InChI is InChI=1S/C15H15N7O3S/c1-3-5-12-17-19-15(26-12)16-14(23)13-9(2)21(20-18-13)10-6-4-7-11(8-10)22(24)25/h4,6-8H,3,5H2,1-2H3,(H,16,19,23). The maximum absolute atomic E-state index is 12.4. The Morgan fingerprint density at radius 3 is 2.88 bits per heavy atom. The average molecular weight is 373 g/mol. The molecule has 0 fully saturated rings. The molecule has 1 aromatic carbocycles. The third-order valence-corrected chi connectivity index (χ3v) is 4.44. The van der Waals surface area contributed by atoms with E-state index in [9.17, 15) is 14.9 Å². The second-order valence-corrected chi connectivity index (χ2v) is 6.48. The molecular formula is C15H15N7O3S. The quantitative estimate of drug-likeness (QED) is 0.519. The van der Waals surface area contributed by atoms with Gasteiger partial charge in [-0.15, -0.1) is 15.3 Å². The number of carbonyl (C=O) groups excluding carboxylic acids is 1. The first-order valence-corrected chi connectivity index (χ1v) is 8.62. The highest BCUT2D eigenvalue weighted by molar-refractivity contribution is 7.15. The van der Waals surface area contributed by atoms with Gasteiger partial charge >= 0.3 is 0 Å². The van der Waals surface area contributed by atoms with Gasteiger partial charge in [-0.2, -0.15) is 0 Å². The van der Waals surface area contributed by atoms with E-state index in [4.69, 9.17) is 0 Å². The maximum atomic E-state index is 12.4. The number of non-ortho nitro benzene ring substituents is 1. The van der Waals surface area contributed by atoms with Crippen LogP contribution < -0.4 is 5.32 Å². The van der Waals surface area contributed by atoms with Crippen molar-refractivity contribution in [3.8, 4) is 5.69 Å². The van der Waals surface area contributed by atoms with Crippen LogP contribution in [-0.2, 0) is 6.42 Å². The van der Waals surface area contributed by atoms with Crippen LogP contribution >= 0.6 is 11.3 Å². The second kappa shape index (κ2) is 7.35. The Bertz CT molecular complexity index is 966. The predicted octanol–water partition coefficient (Wildman–Crippen LogP) is 2.54. The fourth-order valence-electron chi connectivity index (χ4n) is 2.30. The minimum absolute atomic E-state index is 0.0688. The number of carbonyl (C=O) groups is 1. The minimum Gasteiger partial charge on any atom is -0.295 e. The Morgan fingerprint density at radius 2 is 2.15 bits per heavy atom. The number of nitro benzene ring substituents is 1. The zero-order chi connectivity index (χ0) is 18.7. The van der Waals surface area contributed by atoms with Gasteiger partial charge in [0.2, 0.25) is 5.13 Å². The molecule has 11 heteroatoms. The fraction of sp³-hybridized carbons (Fsp3) is 0.267. The molecule has 134 valence electrons. The smallest absolute Gasteiger partial charge is 0.279 e. The number of hydrogen-bond donors (Lipinski definition) is 1. The molecule has 0 spiro atoms. The fourth-order valence-corrected chi connectivity index (χ4v) is 3.13. The van der Waals surface area contributed by atoms with E-state index in [2.05, 4.69) is 25.8 Å². The summed E-state index contributed by atoms with van der Waals surface area (Å²) in [5, 5.41) is 30.6. The van der Waals surface area contributed by atoms with E-state index in [1.807, 2.05) is 6.92 Å². The van der Waals surface area contributed by atoms with Crippen LogP contribution in [0.1, 0.15) is 34.5 Å². The summed E-state index contributed by atoms with van der Waals surface area (Å²) in [5.74, 6) is -0.460. The maximum Gasteiger partial charge on any atom is 0.279 e. The molecule has 0 unspecified atom stereocenters. The molecule has 0 bridgehead atoms. The van der Waals surface area contributed by atoms with Crippen LogP contribution in [0.25, 0.3) is 5.69 Å². The van der Waals surface area contributed by atoms with Crippen molar-refractivity contribution in [1.82, 2.24) is 25.2 Å². The van der Waals surface area contributed by atoms with Gasteiger partial charge in [0.25, 0.3) is 11.6 Å². The second-order valence-electron chi connectivity index (χ2n) is 5.42. The largest absolute Gasteiger partial charge is 0.295 e. The molecule has 2 aromatic heterocycles. The number of benzene rings is 1. The van der Waals surface area contributed by atoms with Crippen LogP contribution in [0.15, 0.2) is 24.3 Å². The van der Waals surface area contributed by atoms with Crippen LogP contribution in [0.4, 0.5) is 10.8 Å². The number of aromatic nitrogens is 5. The summed E-state index contributed by atoms with van der Waals surface area (Å²) in [5.41, 5.74) is 0.954. The molecule has 10 nitrogen and oxygen atoms in total. The van der Waals surface area contributed by atoms with Crippen molar-refractivity contribution < 1.29 is 9.72 Å². The van der Waals surface area contributed by atoms with Gasteiger partial charge in [-0.1, -0.05) is 29.5 Å². The molecular weight excluding hydrogens is 358 g/mol. The number of aryl methyl sites for hydroxylation is 1. The molecule has 0 saturated heterocycles. The van der Waals surface area contributed by atoms with Crippen molar-refractivity contribution >= 4 is 28.1 Å². The molecule has 3 aromatic rings. The van der Waals surface area contributed by atoms with Gasteiger partial charge < -0.3 is 0 Å². The van der Waals surface area contributed by atoms with Gasteiger partial charge in [0.1, 0.15) is 5.01 Å². The van der Waals surface area contributed by atoms with E-state index in [0.717, 1.165) is 17.8 Å². The first-order valence-electron chi connectivity index (χ1n) is 7.80. The highest BCUT2D eigenvalue weighted by atomic mass is 32.1. The van der Waals surface area contributed by atoms with Gasteiger partial charge in [0.05, 0.1) is 16.3 Å². The highest BCUT2D eigenvalue weighted by Crippen LogP contribution is 2.20. The normalized spacial score (nSPS) is 10.7. The number of anilines is 1.